The summed E-state index contributed by atoms with van der Waals surface area (Å²) in [4.78, 5) is 0. The topological polar surface area (TPSA) is 59.6 Å². The molecular formula is C10H6FN3. The molecular weight excluding hydrogens is 181 g/mol. The summed E-state index contributed by atoms with van der Waals surface area (Å²) in [7, 11) is 0. The Balaban J connectivity index is 2.83. The number of nitrogens with one attached hydrogen (secondary N) is 1. The van der Waals surface area contributed by atoms with Crippen LogP contribution in [0.25, 0.3) is 0 Å². The van der Waals surface area contributed by atoms with Crippen molar-refractivity contribution in [3.05, 3.63) is 41.9 Å². The Labute approximate surface area is 80.7 Å². The van der Waals surface area contributed by atoms with E-state index in [0.29, 0.717) is 0 Å². The average Bonchev–Trinajstić information content (AvgIpc) is 2.22. The van der Waals surface area contributed by atoms with Crippen LogP contribution in [0, 0.1) is 28.5 Å². The predicted octanol–water partition coefficient (Wildman–Crippen LogP) is 2.17. The lowest BCUT2D eigenvalue weighted by Gasteiger charge is -2.00. The van der Waals surface area contributed by atoms with Crippen LogP contribution in [0.3, 0.4) is 0 Å². The fraction of sp³-hybridized carbons (Fsp3) is 0. The van der Waals surface area contributed by atoms with E-state index < -0.39 is 5.82 Å². The third-order valence-corrected chi connectivity index (χ3v) is 1.49. The number of hydrogen-bond donors (Lipinski definition) is 1. The quantitative estimate of drug-likeness (QED) is 0.722. The molecule has 1 aromatic carbocycles. The maximum absolute atomic E-state index is 13.0. The zero-order chi connectivity index (χ0) is 10.4. The average molecular weight is 187 g/mol. The van der Waals surface area contributed by atoms with E-state index in [2.05, 4.69) is 5.32 Å². The van der Waals surface area contributed by atoms with Crippen LogP contribution in [-0.4, -0.2) is 0 Å². The van der Waals surface area contributed by atoms with Gasteiger partial charge >= 0.3 is 0 Å². The maximum Gasteiger partial charge on any atom is 0.146 e. The van der Waals surface area contributed by atoms with Crippen molar-refractivity contribution >= 4 is 5.69 Å². The molecule has 0 atom stereocenters. The standard InChI is InChI=1S/C10H6FN3/c11-9-3-1-2-4-10(9)14-7-8(5-12)6-13/h1-4,7,14H. The van der Waals surface area contributed by atoms with Gasteiger partial charge < -0.3 is 5.32 Å². The smallest absolute Gasteiger partial charge is 0.146 e. The molecule has 0 aromatic heterocycles. The molecule has 3 nitrogen and oxygen atoms in total. The predicted molar refractivity (Wildman–Crippen MR) is 49.3 cm³/mol. The van der Waals surface area contributed by atoms with Crippen molar-refractivity contribution in [3.8, 4) is 12.1 Å². The van der Waals surface area contributed by atoms with Crippen LogP contribution in [0.5, 0.6) is 0 Å². The first-order valence-corrected chi connectivity index (χ1v) is 3.79. The number of nitriles is 2. The van der Waals surface area contributed by atoms with Crippen molar-refractivity contribution in [1.29, 1.82) is 10.5 Å². The number of para-hydroxylation sites is 1. The molecule has 0 aliphatic carbocycles. The molecule has 14 heavy (non-hydrogen) atoms. The molecule has 4 heteroatoms. The van der Waals surface area contributed by atoms with Gasteiger partial charge in [0.25, 0.3) is 0 Å². The third-order valence-electron chi connectivity index (χ3n) is 1.49. The van der Waals surface area contributed by atoms with Crippen LogP contribution in [0.2, 0.25) is 0 Å². The van der Waals surface area contributed by atoms with Crippen LogP contribution >= 0.6 is 0 Å². The number of allylic oxidation sites excluding steroid dienone is 1. The number of anilines is 1. The molecule has 1 N–H and O–H groups in total. The minimum Gasteiger partial charge on any atom is -0.357 e. The van der Waals surface area contributed by atoms with Gasteiger partial charge in [-0.3, -0.25) is 0 Å². The highest BCUT2D eigenvalue weighted by molar-refractivity contribution is 5.50. The molecule has 1 rings (SSSR count). The summed E-state index contributed by atoms with van der Waals surface area (Å²) in [5.74, 6) is -0.432. The van der Waals surface area contributed by atoms with Crippen molar-refractivity contribution in [3.63, 3.8) is 0 Å². The maximum atomic E-state index is 13.0. The molecule has 0 aliphatic rings. The Kier molecular flexibility index (Phi) is 3.23. The summed E-state index contributed by atoms with van der Waals surface area (Å²) in [5.41, 5.74) is 0.128. The molecule has 0 aliphatic heterocycles. The minimum absolute atomic E-state index is 0.103. The molecule has 0 saturated carbocycles. The van der Waals surface area contributed by atoms with Gasteiger partial charge in [-0.25, -0.2) is 4.39 Å². The molecule has 0 bridgehead atoms. The van der Waals surface area contributed by atoms with E-state index in [1.165, 1.54) is 18.3 Å². The Morgan fingerprint density at radius 1 is 1.29 bits per heavy atom. The summed E-state index contributed by atoms with van der Waals surface area (Å²) in [5, 5.41) is 19.3. The van der Waals surface area contributed by atoms with Gasteiger partial charge in [-0.1, -0.05) is 12.1 Å². The van der Waals surface area contributed by atoms with Gasteiger partial charge in [0.1, 0.15) is 23.5 Å². The second kappa shape index (κ2) is 4.64. The number of rotatable bonds is 2. The Bertz CT molecular complexity index is 421. The molecule has 0 heterocycles. The van der Waals surface area contributed by atoms with Crippen LogP contribution in [-0.2, 0) is 0 Å². The highest BCUT2D eigenvalue weighted by atomic mass is 19.1. The zero-order valence-electron chi connectivity index (χ0n) is 7.16. The van der Waals surface area contributed by atoms with Crippen LogP contribution in [0.1, 0.15) is 0 Å². The van der Waals surface area contributed by atoms with E-state index in [-0.39, 0.29) is 11.3 Å². The van der Waals surface area contributed by atoms with Crippen molar-refractivity contribution < 1.29 is 4.39 Å². The molecule has 0 saturated heterocycles. The first-order chi connectivity index (χ1) is 6.77. The van der Waals surface area contributed by atoms with Crippen molar-refractivity contribution in [2.45, 2.75) is 0 Å². The Morgan fingerprint density at radius 3 is 2.50 bits per heavy atom. The fourth-order valence-corrected chi connectivity index (χ4v) is 0.818. The Hall–Kier alpha value is -2.33. The Morgan fingerprint density at radius 2 is 1.93 bits per heavy atom. The van der Waals surface area contributed by atoms with Crippen molar-refractivity contribution in [1.82, 2.24) is 0 Å². The van der Waals surface area contributed by atoms with E-state index in [9.17, 15) is 4.39 Å². The molecule has 0 amide bonds. The van der Waals surface area contributed by atoms with Gasteiger partial charge in [0, 0.05) is 6.20 Å². The molecule has 0 fully saturated rings. The van der Waals surface area contributed by atoms with Crippen LogP contribution in [0.4, 0.5) is 10.1 Å². The first kappa shape index (κ1) is 9.76. The molecule has 0 radical (unpaired) electrons. The molecule has 68 valence electrons. The second-order valence-corrected chi connectivity index (χ2v) is 2.41. The van der Waals surface area contributed by atoms with E-state index in [4.69, 9.17) is 10.5 Å². The summed E-state index contributed by atoms with van der Waals surface area (Å²) >= 11 is 0. The van der Waals surface area contributed by atoms with Gasteiger partial charge in [-0.2, -0.15) is 10.5 Å². The van der Waals surface area contributed by atoms with Gasteiger partial charge in [-0.15, -0.1) is 0 Å². The van der Waals surface area contributed by atoms with Gasteiger partial charge in [-0.05, 0) is 12.1 Å². The van der Waals surface area contributed by atoms with E-state index in [1.807, 2.05) is 0 Å². The highest BCUT2D eigenvalue weighted by Crippen LogP contribution is 2.12. The third kappa shape index (κ3) is 2.33. The van der Waals surface area contributed by atoms with Gasteiger partial charge in [0.15, 0.2) is 0 Å². The lowest BCUT2D eigenvalue weighted by Crippen LogP contribution is -1.92. The van der Waals surface area contributed by atoms with Crippen LogP contribution < -0.4 is 5.32 Å². The van der Waals surface area contributed by atoms with E-state index in [1.54, 1.807) is 24.3 Å². The molecule has 0 unspecified atom stereocenters. The van der Waals surface area contributed by atoms with E-state index in [0.717, 1.165) is 0 Å². The minimum atomic E-state index is -0.432. The zero-order valence-corrected chi connectivity index (χ0v) is 7.16. The number of nitrogens with zero attached hydrogens (tertiary/aromatic N) is 2. The lowest BCUT2D eigenvalue weighted by atomic mass is 10.3. The largest absolute Gasteiger partial charge is 0.357 e. The fourth-order valence-electron chi connectivity index (χ4n) is 0.818. The van der Waals surface area contributed by atoms with Crippen molar-refractivity contribution in [2.24, 2.45) is 0 Å². The highest BCUT2D eigenvalue weighted by Gasteiger charge is 1.97. The summed E-state index contributed by atoms with van der Waals surface area (Å²) in [6, 6.07) is 9.32. The molecule has 1 aromatic rings. The summed E-state index contributed by atoms with van der Waals surface area (Å²) < 4.78 is 13.0. The molecule has 0 spiro atoms. The van der Waals surface area contributed by atoms with Gasteiger partial charge in [0.05, 0.1) is 5.69 Å². The van der Waals surface area contributed by atoms with Crippen LogP contribution in [0.15, 0.2) is 36.0 Å². The van der Waals surface area contributed by atoms with Gasteiger partial charge in [0.2, 0.25) is 0 Å². The number of halogens is 1. The van der Waals surface area contributed by atoms with Crippen molar-refractivity contribution in [2.75, 3.05) is 5.32 Å². The monoisotopic (exact) mass is 187 g/mol. The van der Waals surface area contributed by atoms with E-state index >= 15 is 0 Å². The number of hydrogen-bond acceptors (Lipinski definition) is 3. The summed E-state index contributed by atoms with van der Waals surface area (Å²) in [6.45, 7) is 0. The second-order valence-electron chi connectivity index (χ2n) is 2.41. The number of benzene rings is 1. The first-order valence-electron chi connectivity index (χ1n) is 3.79. The lowest BCUT2D eigenvalue weighted by molar-refractivity contribution is 0.632. The normalized spacial score (nSPS) is 8.21. The SMILES string of the molecule is N#CC(C#N)=CNc1ccccc1F. The summed E-state index contributed by atoms with van der Waals surface area (Å²) in [6.07, 6.45) is 1.17.